The fourth-order valence-corrected chi connectivity index (χ4v) is 4.32. The highest BCUT2D eigenvalue weighted by Gasteiger charge is 2.42. The van der Waals surface area contributed by atoms with Crippen LogP contribution in [0.4, 0.5) is 0 Å². The van der Waals surface area contributed by atoms with Crippen molar-refractivity contribution in [1.82, 2.24) is 4.90 Å². The average Bonchev–Trinajstić information content (AvgIpc) is 3.15. The first-order valence-electron chi connectivity index (χ1n) is 10.7. The first-order chi connectivity index (χ1) is 16.5. The maximum atomic E-state index is 13.5. The van der Waals surface area contributed by atoms with Gasteiger partial charge in [0.1, 0.15) is 11.3 Å². The number of para-hydroxylation sites is 1. The van der Waals surface area contributed by atoms with Gasteiger partial charge < -0.3 is 18.8 Å². The Labute approximate surface area is 195 Å². The Morgan fingerprint density at radius 3 is 2.32 bits per heavy atom. The number of amides is 1. The highest BCUT2D eigenvalue weighted by molar-refractivity contribution is 5.99. The summed E-state index contributed by atoms with van der Waals surface area (Å²) in [7, 11) is 2.90. The second-order valence-corrected chi connectivity index (χ2v) is 7.97. The summed E-state index contributed by atoms with van der Waals surface area (Å²) in [5, 5.41) is 0.413. The molecule has 4 aromatic rings. The van der Waals surface area contributed by atoms with Gasteiger partial charge in [-0.2, -0.15) is 0 Å². The van der Waals surface area contributed by atoms with E-state index in [-0.39, 0.29) is 23.6 Å². The first-order valence-corrected chi connectivity index (χ1v) is 10.7. The van der Waals surface area contributed by atoms with Crippen LogP contribution in [0.1, 0.15) is 43.6 Å². The van der Waals surface area contributed by atoms with Gasteiger partial charge in [0, 0.05) is 6.54 Å². The number of esters is 1. The van der Waals surface area contributed by atoms with Gasteiger partial charge in [0.25, 0.3) is 5.91 Å². The topological polar surface area (TPSA) is 86.0 Å². The molecule has 0 unspecified atom stereocenters. The van der Waals surface area contributed by atoms with Crippen LogP contribution in [-0.2, 0) is 11.3 Å². The van der Waals surface area contributed by atoms with Gasteiger partial charge in [0.2, 0.25) is 5.76 Å². The molecule has 1 atom stereocenters. The molecule has 1 aliphatic rings. The van der Waals surface area contributed by atoms with Gasteiger partial charge in [-0.1, -0.05) is 36.4 Å². The van der Waals surface area contributed by atoms with Crippen molar-refractivity contribution in [2.45, 2.75) is 12.6 Å². The highest BCUT2D eigenvalue weighted by atomic mass is 16.5. The van der Waals surface area contributed by atoms with Crippen molar-refractivity contribution in [3.8, 4) is 5.75 Å². The number of nitrogens with zero attached hydrogens (tertiary/aromatic N) is 1. The van der Waals surface area contributed by atoms with Crippen LogP contribution in [0.3, 0.4) is 0 Å². The highest BCUT2D eigenvalue weighted by Crippen LogP contribution is 2.39. The predicted octanol–water partition coefficient (Wildman–Crippen LogP) is 4.33. The molecule has 0 spiro atoms. The Kier molecular flexibility index (Phi) is 5.37. The van der Waals surface area contributed by atoms with E-state index in [1.54, 1.807) is 60.5 Å². The van der Waals surface area contributed by atoms with E-state index in [0.29, 0.717) is 33.4 Å². The van der Waals surface area contributed by atoms with E-state index in [0.717, 1.165) is 5.56 Å². The van der Waals surface area contributed by atoms with Crippen LogP contribution < -0.4 is 10.2 Å². The smallest absolute Gasteiger partial charge is 0.337 e. The van der Waals surface area contributed by atoms with E-state index in [1.807, 2.05) is 24.3 Å². The van der Waals surface area contributed by atoms with Gasteiger partial charge in [-0.15, -0.1) is 0 Å². The Morgan fingerprint density at radius 2 is 1.65 bits per heavy atom. The van der Waals surface area contributed by atoms with E-state index in [2.05, 4.69) is 0 Å². The second kappa shape index (κ2) is 8.51. The third-order valence-electron chi connectivity index (χ3n) is 6.03. The minimum absolute atomic E-state index is 0.0410. The average molecular weight is 455 g/mol. The third kappa shape index (κ3) is 3.51. The van der Waals surface area contributed by atoms with Crippen molar-refractivity contribution < 1.29 is 23.5 Å². The van der Waals surface area contributed by atoms with E-state index >= 15 is 0 Å². The quantitative estimate of drug-likeness (QED) is 0.416. The lowest BCUT2D eigenvalue weighted by Crippen LogP contribution is -2.29. The molecule has 1 amide bonds. The van der Waals surface area contributed by atoms with E-state index < -0.39 is 12.0 Å². The molecule has 3 aromatic carbocycles. The maximum absolute atomic E-state index is 13.5. The van der Waals surface area contributed by atoms with Crippen molar-refractivity contribution in [1.29, 1.82) is 0 Å². The molecule has 0 N–H and O–H groups in total. The third-order valence-corrected chi connectivity index (χ3v) is 6.03. The zero-order valence-corrected chi connectivity index (χ0v) is 18.6. The molecule has 1 aromatic heterocycles. The molecular formula is C27H21NO6. The molecular weight excluding hydrogens is 434 g/mol. The zero-order valence-electron chi connectivity index (χ0n) is 18.6. The summed E-state index contributed by atoms with van der Waals surface area (Å²) in [4.78, 5) is 40.6. The molecule has 2 heterocycles. The normalized spacial score (nSPS) is 14.8. The summed E-state index contributed by atoms with van der Waals surface area (Å²) >= 11 is 0. The number of benzene rings is 3. The molecule has 7 heteroatoms. The molecule has 0 saturated heterocycles. The number of hydrogen-bond donors (Lipinski definition) is 0. The van der Waals surface area contributed by atoms with Gasteiger partial charge in [-0.25, -0.2) is 4.79 Å². The molecule has 170 valence electrons. The minimum Gasteiger partial charge on any atom is -0.497 e. The minimum atomic E-state index is -0.669. The van der Waals surface area contributed by atoms with Gasteiger partial charge in [0.15, 0.2) is 5.43 Å². The number of rotatable bonds is 5. The number of carbonyl (C=O) groups is 2. The Balaban J connectivity index is 1.65. The maximum Gasteiger partial charge on any atom is 0.337 e. The summed E-state index contributed by atoms with van der Waals surface area (Å²) in [6.07, 6.45) is 0. The zero-order chi connectivity index (χ0) is 23.8. The molecule has 0 saturated carbocycles. The molecule has 1 aliphatic heterocycles. The summed E-state index contributed by atoms with van der Waals surface area (Å²) in [5.41, 5.74) is 2.35. The van der Waals surface area contributed by atoms with Crippen molar-refractivity contribution in [3.63, 3.8) is 0 Å². The standard InChI is InChI=1S/C27H21NO6/c1-32-19-13-7-16(8-14-19)15-28-23(17-9-11-18(12-10-17)27(31)33-2)22-24(29)20-5-3-4-6-21(20)34-25(22)26(28)30/h3-14,23H,15H2,1-2H3/t23-/m0/s1. The van der Waals surface area contributed by atoms with Gasteiger partial charge >= 0.3 is 5.97 Å². The van der Waals surface area contributed by atoms with Gasteiger partial charge in [0.05, 0.1) is 36.8 Å². The lowest BCUT2D eigenvalue weighted by Gasteiger charge is -2.25. The number of carbonyl (C=O) groups excluding carboxylic acids is 2. The number of hydrogen-bond acceptors (Lipinski definition) is 6. The fraction of sp³-hybridized carbons (Fsp3) is 0.148. The first kappa shape index (κ1) is 21.5. The number of methoxy groups -OCH3 is 2. The Bertz CT molecular complexity index is 1450. The van der Waals surface area contributed by atoms with Crippen LogP contribution in [0.25, 0.3) is 11.0 Å². The van der Waals surface area contributed by atoms with Crippen LogP contribution >= 0.6 is 0 Å². The summed E-state index contributed by atoms with van der Waals surface area (Å²) < 4.78 is 16.0. The lowest BCUT2D eigenvalue weighted by molar-refractivity contribution is 0.0599. The predicted molar refractivity (Wildman–Crippen MR) is 125 cm³/mol. The SMILES string of the molecule is COC(=O)c1ccc([C@H]2c3c(oc4ccccc4c3=O)C(=O)N2Cc2ccc(OC)cc2)cc1. The second-order valence-electron chi connectivity index (χ2n) is 7.97. The van der Waals surface area contributed by atoms with Crippen LogP contribution in [0.15, 0.2) is 82.0 Å². The Hall–Kier alpha value is -4.39. The van der Waals surface area contributed by atoms with Crippen LogP contribution in [0.5, 0.6) is 5.75 Å². The van der Waals surface area contributed by atoms with Gasteiger partial charge in [-0.3, -0.25) is 9.59 Å². The van der Waals surface area contributed by atoms with Crippen molar-refractivity contribution >= 4 is 22.8 Å². The summed E-state index contributed by atoms with van der Waals surface area (Å²) in [6.45, 7) is 0.256. The lowest BCUT2D eigenvalue weighted by atomic mass is 9.97. The van der Waals surface area contributed by atoms with Crippen LogP contribution in [-0.4, -0.2) is 31.0 Å². The molecule has 0 radical (unpaired) electrons. The summed E-state index contributed by atoms with van der Waals surface area (Å²) in [5.74, 6) is -0.0807. The largest absolute Gasteiger partial charge is 0.497 e. The fourth-order valence-electron chi connectivity index (χ4n) is 4.32. The molecule has 34 heavy (non-hydrogen) atoms. The van der Waals surface area contributed by atoms with E-state index in [4.69, 9.17) is 13.9 Å². The van der Waals surface area contributed by atoms with Crippen molar-refractivity contribution in [2.75, 3.05) is 14.2 Å². The Morgan fingerprint density at radius 1 is 0.941 bits per heavy atom. The molecule has 0 aliphatic carbocycles. The number of ether oxygens (including phenoxy) is 2. The van der Waals surface area contributed by atoms with Crippen molar-refractivity contribution in [3.05, 3.63) is 111 Å². The van der Waals surface area contributed by atoms with Crippen LogP contribution in [0, 0.1) is 0 Å². The molecule has 0 bridgehead atoms. The monoisotopic (exact) mass is 455 g/mol. The van der Waals surface area contributed by atoms with Crippen LogP contribution in [0.2, 0.25) is 0 Å². The summed E-state index contributed by atoms with van der Waals surface area (Å²) in [6, 6.07) is 20.3. The molecule has 0 fully saturated rings. The van der Waals surface area contributed by atoms with Gasteiger partial charge in [-0.05, 0) is 47.5 Å². The van der Waals surface area contributed by atoms with E-state index in [9.17, 15) is 14.4 Å². The van der Waals surface area contributed by atoms with E-state index in [1.165, 1.54) is 7.11 Å². The molecule has 5 rings (SSSR count). The van der Waals surface area contributed by atoms with Crippen molar-refractivity contribution in [2.24, 2.45) is 0 Å². The number of fused-ring (bicyclic) bond motifs is 2. The molecule has 7 nitrogen and oxygen atoms in total.